The quantitative estimate of drug-likeness (QED) is 0.609. The third-order valence-electron chi connectivity index (χ3n) is 1.72. The fourth-order valence-electron chi connectivity index (χ4n) is 1.05. The second-order valence-corrected chi connectivity index (χ2v) is 4.58. The zero-order valence-corrected chi connectivity index (χ0v) is 11.6. The van der Waals surface area contributed by atoms with E-state index in [1.54, 1.807) is 13.0 Å². The molecule has 0 aliphatic carbocycles. The Bertz CT molecular complexity index is 407. The van der Waals surface area contributed by atoms with E-state index < -0.39 is 5.97 Å². The molecule has 0 atom stereocenters. The van der Waals surface area contributed by atoms with Gasteiger partial charge in [0.05, 0.1) is 6.61 Å². The number of hydrogen-bond acceptors (Lipinski definition) is 2. The molecular formula is C11H9Br2FO2. The summed E-state index contributed by atoms with van der Waals surface area (Å²) in [6.45, 7) is 2.06. The second-order valence-electron chi connectivity index (χ2n) is 2.87. The lowest BCUT2D eigenvalue weighted by Crippen LogP contribution is -1.98. The van der Waals surface area contributed by atoms with Gasteiger partial charge in [-0.05, 0) is 25.1 Å². The van der Waals surface area contributed by atoms with Crippen molar-refractivity contribution in [2.45, 2.75) is 6.92 Å². The summed E-state index contributed by atoms with van der Waals surface area (Å²) >= 11 is 6.43. The molecular weight excluding hydrogens is 343 g/mol. The maximum atomic E-state index is 13.0. The molecule has 0 radical (unpaired) electrons. The topological polar surface area (TPSA) is 26.3 Å². The van der Waals surface area contributed by atoms with Crippen molar-refractivity contribution in [2.75, 3.05) is 6.61 Å². The molecule has 86 valence electrons. The van der Waals surface area contributed by atoms with Crippen LogP contribution in [-0.2, 0) is 9.53 Å². The van der Waals surface area contributed by atoms with Crippen LogP contribution in [0.25, 0.3) is 6.08 Å². The van der Waals surface area contributed by atoms with Gasteiger partial charge in [0.2, 0.25) is 0 Å². The highest BCUT2D eigenvalue weighted by atomic mass is 79.9. The van der Waals surface area contributed by atoms with Crippen molar-refractivity contribution in [1.82, 2.24) is 0 Å². The van der Waals surface area contributed by atoms with Crippen molar-refractivity contribution >= 4 is 43.9 Å². The molecule has 2 nitrogen and oxygen atoms in total. The molecule has 0 saturated heterocycles. The van der Waals surface area contributed by atoms with Crippen LogP contribution in [-0.4, -0.2) is 12.6 Å². The Morgan fingerprint density at radius 1 is 1.44 bits per heavy atom. The first-order chi connectivity index (χ1) is 7.54. The third kappa shape index (κ3) is 3.72. The van der Waals surface area contributed by atoms with Crippen LogP contribution >= 0.6 is 31.9 Å². The zero-order valence-electron chi connectivity index (χ0n) is 8.47. The fraction of sp³-hybridized carbons (Fsp3) is 0.182. The Hall–Kier alpha value is -0.680. The Morgan fingerprint density at radius 3 is 2.50 bits per heavy atom. The molecule has 16 heavy (non-hydrogen) atoms. The molecule has 1 rings (SSSR count). The van der Waals surface area contributed by atoms with Gasteiger partial charge in [0, 0.05) is 20.6 Å². The Balaban J connectivity index is 2.93. The molecule has 0 fully saturated rings. The van der Waals surface area contributed by atoms with Gasteiger partial charge in [-0.25, -0.2) is 9.18 Å². The second kappa shape index (κ2) is 6.15. The van der Waals surface area contributed by atoms with Gasteiger partial charge in [0.1, 0.15) is 5.82 Å². The highest BCUT2D eigenvalue weighted by Crippen LogP contribution is 2.27. The Morgan fingerprint density at radius 2 is 2.00 bits per heavy atom. The summed E-state index contributed by atoms with van der Waals surface area (Å²) in [5, 5.41) is 0. The number of esters is 1. The molecule has 0 aromatic heterocycles. The average Bonchev–Trinajstić information content (AvgIpc) is 2.16. The van der Waals surface area contributed by atoms with E-state index in [-0.39, 0.29) is 5.82 Å². The zero-order chi connectivity index (χ0) is 12.1. The molecule has 0 spiro atoms. The van der Waals surface area contributed by atoms with E-state index >= 15 is 0 Å². The number of hydrogen-bond donors (Lipinski definition) is 0. The molecule has 0 bridgehead atoms. The largest absolute Gasteiger partial charge is 0.463 e. The predicted octanol–water partition coefficient (Wildman–Crippen LogP) is 3.93. The fourth-order valence-corrected chi connectivity index (χ4v) is 2.45. The van der Waals surface area contributed by atoms with Crippen LogP contribution in [0.4, 0.5) is 4.39 Å². The first-order valence-corrected chi connectivity index (χ1v) is 6.12. The minimum Gasteiger partial charge on any atom is -0.463 e. The van der Waals surface area contributed by atoms with Crippen LogP contribution in [0.15, 0.2) is 27.2 Å². The summed E-state index contributed by atoms with van der Waals surface area (Å²) in [7, 11) is 0. The molecule has 0 amide bonds. The molecule has 0 saturated carbocycles. The van der Waals surface area contributed by atoms with Gasteiger partial charge in [0.15, 0.2) is 0 Å². The van der Waals surface area contributed by atoms with Gasteiger partial charge < -0.3 is 4.74 Å². The minimum absolute atomic E-state index is 0.328. The van der Waals surface area contributed by atoms with E-state index in [1.165, 1.54) is 18.2 Å². The van der Waals surface area contributed by atoms with Crippen molar-refractivity contribution < 1.29 is 13.9 Å². The normalized spacial score (nSPS) is 10.8. The van der Waals surface area contributed by atoms with Gasteiger partial charge in [-0.3, -0.25) is 0 Å². The molecule has 0 aliphatic heterocycles. The summed E-state index contributed by atoms with van der Waals surface area (Å²) in [5.74, 6) is -0.780. The van der Waals surface area contributed by atoms with E-state index in [1.807, 2.05) is 0 Å². The van der Waals surface area contributed by atoms with Gasteiger partial charge in [0.25, 0.3) is 0 Å². The van der Waals surface area contributed by atoms with E-state index in [4.69, 9.17) is 4.74 Å². The predicted molar refractivity (Wildman–Crippen MR) is 67.5 cm³/mol. The van der Waals surface area contributed by atoms with Gasteiger partial charge in [-0.1, -0.05) is 31.9 Å². The molecule has 5 heteroatoms. The first kappa shape index (κ1) is 13.4. The Kier molecular flexibility index (Phi) is 5.15. The van der Waals surface area contributed by atoms with Crippen molar-refractivity contribution in [3.63, 3.8) is 0 Å². The highest BCUT2D eigenvalue weighted by Gasteiger charge is 2.05. The van der Waals surface area contributed by atoms with Gasteiger partial charge in [-0.15, -0.1) is 0 Å². The van der Waals surface area contributed by atoms with E-state index in [2.05, 4.69) is 31.9 Å². The standard InChI is InChI=1S/C11H9Br2FO2/c1-2-16-11(15)4-3-8-9(12)5-7(14)6-10(8)13/h3-6H,2H2,1H3. The van der Waals surface area contributed by atoms with Crippen LogP contribution in [0.5, 0.6) is 0 Å². The molecule has 1 aromatic carbocycles. The monoisotopic (exact) mass is 350 g/mol. The summed E-state index contributed by atoms with van der Waals surface area (Å²) in [6, 6.07) is 2.66. The number of rotatable bonds is 3. The molecule has 0 unspecified atom stereocenters. The van der Waals surface area contributed by atoms with Crippen molar-refractivity contribution in [3.8, 4) is 0 Å². The van der Waals surface area contributed by atoms with Crippen molar-refractivity contribution in [3.05, 3.63) is 38.5 Å². The molecule has 1 aromatic rings. The number of carbonyl (C=O) groups excluding carboxylic acids is 1. The van der Waals surface area contributed by atoms with E-state index in [0.29, 0.717) is 21.1 Å². The van der Waals surface area contributed by atoms with Crippen LogP contribution in [0.1, 0.15) is 12.5 Å². The van der Waals surface area contributed by atoms with E-state index in [9.17, 15) is 9.18 Å². The maximum absolute atomic E-state index is 13.0. The number of carbonyl (C=O) groups is 1. The first-order valence-electron chi connectivity index (χ1n) is 4.54. The van der Waals surface area contributed by atoms with E-state index in [0.717, 1.165) is 0 Å². The lowest BCUT2D eigenvalue weighted by atomic mass is 10.2. The number of halogens is 3. The lowest BCUT2D eigenvalue weighted by molar-refractivity contribution is -0.137. The summed E-state index contributed by atoms with van der Waals surface area (Å²) in [6.07, 6.45) is 2.86. The van der Waals surface area contributed by atoms with Crippen LogP contribution in [0.3, 0.4) is 0 Å². The summed E-state index contributed by atoms with van der Waals surface area (Å²) in [4.78, 5) is 11.1. The minimum atomic E-state index is -0.425. The van der Waals surface area contributed by atoms with Crippen LogP contribution in [0, 0.1) is 5.82 Å². The molecule has 0 N–H and O–H groups in total. The lowest BCUT2D eigenvalue weighted by Gasteiger charge is -2.02. The van der Waals surface area contributed by atoms with Gasteiger partial charge >= 0.3 is 5.97 Å². The third-order valence-corrected chi connectivity index (χ3v) is 3.03. The van der Waals surface area contributed by atoms with Gasteiger partial charge in [-0.2, -0.15) is 0 Å². The van der Waals surface area contributed by atoms with Crippen LogP contribution < -0.4 is 0 Å². The molecule has 0 heterocycles. The SMILES string of the molecule is CCOC(=O)C=Cc1c(Br)cc(F)cc1Br. The van der Waals surface area contributed by atoms with Crippen molar-refractivity contribution in [2.24, 2.45) is 0 Å². The van der Waals surface area contributed by atoms with Crippen LogP contribution in [0.2, 0.25) is 0 Å². The number of benzene rings is 1. The highest BCUT2D eigenvalue weighted by molar-refractivity contribution is 9.11. The summed E-state index contributed by atoms with van der Waals surface area (Å²) < 4.78 is 18.8. The maximum Gasteiger partial charge on any atom is 0.330 e. The van der Waals surface area contributed by atoms with Crippen molar-refractivity contribution in [1.29, 1.82) is 0 Å². The average molecular weight is 352 g/mol. The number of ether oxygens (including phenoxy) is 1. The summed E-state index contributed by atoms with van der Waals surface area (Å²) in [5.41, 5.74) is 0.689. The smallest absolute Gasteiger partial charge is 0.330 e. The molecule has 0 aliphatic rings. The Labute approximate surface area is 110 Å².